The summed E-state index contributed by atoms with van der Waals surface area (Å²) >= 11 is 5.94. The van der Waals surface area contributed by atoms with Gasteiger partial charge in [0.15, 0.2) is 5.03 Å². The molecular weight excluding hydrogens is 368 g/mol. The number of rotatable bonds is 5. The van der Waals surface area contributed by atoms with Crippen LogP contribution in [0.2, 0.25) is 5.02 Å². The summed E-state index contributed by atoms with van der Waals surface area (Å²) in [6.07, 6.45) is 1.53. The van der Waals surface area contributed by atoms with Gasteiger partial charge < -0.3 is 10.1 Å². The van der Waals surface area contributed by atoms with E-state index >= 15 is 0 Å². The molecule has 1 aromatic carbocycles. The van der Waals surface area contributed by atoms with Crippen LogP contribution in [0.4, 0.5) is 10.5 Å². The minimum Gasteiger partial charge on any atom is -0.495 e. The second-order valence-corrected chi connectivity index (χ2v) is 7.65. The Morgan fingerprint density at radius 3 is 2.60 bits per heavy atom. The number of anilines is 1. The molecule has 10 heteroatoms. The topological polar surface area (TPSA) is 102 Å². The Hall–Kier alpha value is -2.26. The smallest absolute Gasteiger partial charge is 0.333 e. The van der Waals surface area contributed by atoms with Gasteiger partial charge in [-0.25, -0.2) is 9.52 Å². The van der Waals surface area contributed by atoms with Crippen molar-refractivity contribution in [1.29, 1.82) is 0 Å². The predicted molar refractivity (Wildman–Crippen MR) is 94.7 cm³/mol. The highest BCUT2D eigenvalue weighted by atomic mass is 35.5. The van der Waals surface area contributed by atoms with Gasteiger partial charge in [0, 0.05) is 23.3 Å². The Labute approximate surface area is 151 Å². The molecule has 0 unspecified atom stereocenters. The molecule has 0 spiro atoms. The molecule has 0 saturated carbocycles. The lowest BCUT2D eigenvalue weighted by atomic mass is 10.2. The van der Waals surface area contributed by atoms with Crippen molar-refractivity contribution >= 4 is 33.3 Å². The third-order valence-electron chi connectivity index (χ3n) is 3.34. The van der Waals surface area contributed by atoms with Crippen LogP contribution in [0.3, 0.4) is 0 Å². The molecule has 1 aromatic heterocycles. The molecule has 2 rings (SSSR count). The predicted octanol–water partition coefficient (Wildman–Crippen LogP) is 2.94. The zero-order valence-corrected chi connectivity index (χ0v) is 15.8. The largest absolute Gasteiger partial charge is 0.495 e. The first-order valence-corrected chi connectivity index (χ1v) is 9.23. The van der Waals surface area contributed by atoms with E-state index < -0.39 is 16.1 Å². The molecule has 0 saturated heterocycles. The number of carbonyl (C=O) groups excluding carboxylic acids is 1. The van der Waals surface area contributed by atoms with Crippen LogP contribution in [-0.4, -0.2) is 31.3 Å². The molecule has 1 heterocycles. The van der Waals surface area contributed by atoms with Crippen LogP contribution < -0.4 is 14.8 Å². The molecule has 136 valence electrons. The number of urea groups is 1. The summed E-state index contributed by atoms with van der Waals surface area (Å²) < 4.78 is 33.1. The molecule has 0 fully saturated rings. The van der Waals surface area contributed by atoms with E-state index in [1.54, 1.807) is 13.0 Å². The first-order valence-electron chi connectivity index (χ1n) is 7.37. The molecule has 0 bridgehead atoms. The molecule has 2 aromatic rings. The minimum atomic E-state index is -4.09. The van der Waals surface area contributed by atoms with Crippen molar-refractivity contribution in [2.45, 2.75) is 31.8 Å². The van der Waals surface area contributed by atoms with Crippen LogP contribution in [0.15, 0.2) is 29.4 Å². The van der Waals surface area contributed by atoms with Crippen molar-refractivity contribution in [1.82, 2.24) is 14.5 Å². The van der Waals surface area contributed by atoms with Crippen molar-refractivity contribution in [2.75, 3.05) is 12.4 Å². The van der Waals surface area contributed by atoms with Gasteiger partial charge in [-0.1, -0.05) is 11.6 Å². The van der Waals surface area contributed by atoms with Crippen molar-refractivity contribution < 1.29 is 17.9 Å². The zero-order valence-electron chi connectivity index (χ0n) is 14.2. The maximum atomic E-state index is 12.3. The van der Waals surface area contributed by atoms with E-state index in [-0.39, 0.29) is 11.1 Å². The molecule has 2 amide bonds. The average molecular weight is 387 g/mol. The SMILES string of the molecule is COc1cc(Cl)cc(C)c1NC(=O)NS(=O)(=O)c1ccn(C(C)C)n1. The number of amides is 2. The number of halogens is 1. The molecule has 0 radical (unpaired) electrons. The lowest BCUT2D eigenvalue weighted by molar-refractivity contribution is 0.256. The summed E-state index contributed by atoms with van der Waals surface area (Å²) in [6.45, 7) is 5.43. The number of aryl methyl sites for hydroxylation is 1. The zero-order chi connectivity index (χ0) is 18.8. The summed E-state index contributed by atoms with van der Waals surface area (Å²) in [4.78, 5) is 12.1. The number of benzene rings is 1. The van der Waals surface area contributed by atoms with Gasteiger partial charge in [0.25, 0.3) is 10.0 Å². The van der Waals surface area contributed by atoms with Crippen molar-refractivity contribution in [3.8, 4) is 5.75 Å². The van der Waals surface area contributed by atoms with E-state index in [1.807, 2.05) is 18.6 Å². The Bertz CT molecular complexity index is 893. The maximum Gasteiger partial charge on any atom is 0.333 e. The molecule has 25 heavy (non-hydrogen) atoms. The molecule has 0 aliphatic heterocycles. The molecular formula is C15H19ClN4O4S. The highest BCUT2D eigenvalue weighted by molar-refractivity contribution is 7.90. The fourth-order valence-electron chi connectivity index (χ4n) is 2.10. The number of hydrogen-bond acceptors (Lipinski definition) is 5. The fourth-order valence-corrected chi connectivity index (χ4v) is 3.20. The van der Waals surface area contributed by atoms with Gasteiger partial charge in [-0.05, 0) is 38.5 Å². The van der Waals surface area contributed by atoms with Crippen LogP contribution >= 0.6 is 11.6 Å². The van der Waals surface area contributed by atoms with Crippen molar-refractivity contribution in [3.05, 3.63) is 35.0 Å². The van der Waals surface area contributed by atoms with Crippen LogP contribution in [0, 0.1) is 6.92 Å². The summed E-state index contributed by atoms with van der Waals surface area (Å²) in [6, 6.07) is 3.53. The summed E-state index contributed by atoms with van der Waals surface area (Å²) in [7, 11) is -2.67. The van der Waals surface area contributed by atoms with E-state index in [4.69, 9.17) is 16.3 Å². The van der Waals surface area contributed by atoms with Gasteiger partial charge in [0.2, 0.25) is 0 Å². The van der Waals surface area contributed by atoms with Crippen molar-refractivity contribution in [2.24, 2.45) is 0 Å². The number of hydrogen-bond donors (Lipinski definition) is 2. The van der Waals surface area contributed by atoms with E-state index in [0.717, 1.165) is 0 Å². The number of methoxy groups -OCH3 is 1. The summed E-state index contributed by atoms with van der Waals surface area (Å²) in [5.74, 6) is 0.321. The van der Waals surface area contributed by atoms with Gasteiger partial charge >= 0.3 is 6.03 Å². The third-order valence-corrected chi connectivity index (χ3v) is 4.78. The van der Waals surface area contributed by atoms with Crippen LogP contribution in [0.25, 0.3) is 0 Å². The Morgan fingerprint density at radius 2 is 2.04 bits per heavy atom. The van der Waals surface area contributed by atoms with Gasteiger partial charge in [-0.3, -0.25) is 4.68 Å². The van der Waals surface area contributed by atoms with Crippen LogP contribution in [0.5, 0.6) is 5.75 Å². The molecule has 8 nitrogen and oxygen atoms in total. The Balaban J connectivity index is 2.19. The number of carbonyl (C=O) groups is 1. The van der Waals surface area contributed by atoms with E-state index in [2.05, 4.69) is 10.4 Å². The molecule has 0 atom stereocenters. The maximum absolute atomic E-state index is 12.3. The number of nitrogens with one attached hydrogen (secondary N) is 2. The highest BCUT2D eigenvalue weighted by Crippen LogP contribution is 2.31. The average Bonchev–Trinajstić information content (AvgIpc) is 3.00. The second kappa shape index (κ2) is 7.32. The second-order valence-electron chi connectivity index (χ2n) is 5.59. The van der Waals surface area contributed by atoms with Gasteiger partial charge in [0.1, 0.15) is 5.75 Å². The van der Waals surface area contributed by atoms with Gasteiger partial charge in [0.05, 0.1) is 12.8 Å². The number of sulfonamides is 1. The Morgan fingerprint density at radius 1 is 1.36 bits per heavy atom. The van der Waals surface area contributed by atoms with E-state index in [0.29, 0.717) is 22.0 Å². The summed E-state index contributed by atoms with van der Waals surface area (Å²) in [5, 5.41) is 6.61. The summed E-state index contributed by atoms with van der Waals surface area (Å²) in [5.41, 5.74) is 0.952. The normalized spacial score (nSPS) is 11.4. The standard InChI is InChI=1S/C15H19ClN4O4S/c1-9(2)20-6-5-13(18-20)25(22,23)19-15(21)17-14-10(3)7-11(16)8-12(14)24-4/h5-9H,1-4H3,(H2,17,19,21). The monoisotopic (exact) mass is 386 g/mol. The molecule has 0 aliphatic rings. The number of ether oxygens (including phenoxy) is 1. The first kappa shape index (κ1) is 19.1. The lowest BCUT2D eigenvalue weighted by Crippen LogP contribution is -2.35. The lowest BCUT2D eigenvalue weighted by Gasteiger charge is -2.14. The van der Waals surface area contributed by atoms with Gasteiger partial charge in [-0.2, -0.15) is 13.5 Å². The molecule has 2 N–H and O–H groups in total. The minimum absolute atomic E-state index is 0.00115. The van der Waals surface area contributed by atoms with E-state index in [9.17, 15) is 13.2 Å². The van der Waals surface area contributed by atoms with Crippen LogP contribution in [-0.2, 0) is 10.0 Å². The number of nitrogens with zero attached hydrogens (tertiary/aromatic N) is 2. The first-order chi connectivity index (χ1) is 11.6. The van der Waals surface area contributed by atoms with E-state index in [1.165, 1.54) is 30.1 Å². The Kier molecular flexibility index (Phi) is 5.58. The number of aromatic nitrogens is 2. The highest BCUT2D eigenvalue weighted by Gasteiger charge is 2.22. The van der Waals surface area contributed by atoms with Crippen LogP contribution in [0.1, 0.15) is 25.5 Å². The van der Waals surface area contributed by atoms with Crippen molar-refractivity contribution in [3.63, 3.8) is 0 Å². The molecule has 0 aliphatic carbocycles. The fraction of sp³-hybridized carbons (Fsp3) is 0.333. The quantitative estimate of drug-likeness (QED) is 0.822. The van der Waals surface area contributed by atoms with Gasteiger partial charge in [-0.15, -0.1) is 0 Å². The third kappa shape index (κ3) is 4.43.